The molecule has 3 heterocycles. The molecule has 0 bridgehead atoms. The Kier molecular flexibility index (Phi) is 5.20. The maximum Gasteiger partial charge on any atom is 0.187 e. The van der Waals surface area contributed by atoms with Crippen molar-refractivity contribution in [2.24, 2.45) is 0 Å². The zero-order valence-electron chi connectivity index (χ0n) is 15.8. The summed E-state index contributed by atoms with van der Waals surface area (Å²) in [4.78, 5) is 14.0. The minimum absolute atomic E-state index is 0.667. The van der Waals surface area contributed by atoms with Gasteiger partial charge in [0.15, 0.2) is 5.82 Å². The van der Waals surface area contributed by atoms with Gasteiger partial charge in [-0.3, -0.25) is 0 Å². The third-order valence-corrected chi connectivity index (χ3v) is 7.18. The fourth-order valence-corrected chi connectivity index (χ4v) is 5.61. The van der Waals surface area contributed by atoms with Crippen LogP contribution in [0.2, 0.25) is 5.02 Å². The highest BCUT2D eigenvalue weighted by molar-refractivity contribution is 7.19. The number of hydrogen-bond donors (Lipinski definition) is 2. The van der Waals surface area contributed by atoms with Crippen molar-refractivity contribution in [2.75, 3.05) is 31.6 Å². The van der Waals surface area contributed by atoms with Crippen molar-refractivity contribution < 1.29 is 9.64 Å². The molecular weight excluding hydrogens is 392 g/mol. The zero-order chi connectivity index (χ0) is 18.9. The molecule has 7 heteroatoms. The smallest absolute Gasteiger partial charge is 0.187 e. The van der Waals surface area contributed by atoms with E-state index in [1.54, 1.807) is 0 Å². The maximum absolute atomic E-state index is 6.36. The number of fused-ring (bicyclic) bond motifs is 3. The second kappa shape index (κ2) is 7.95. The Labute approximate surface area is 173 Å². The normalized spacial score (nSPS) is 17.2. The third kappa shape index (κ3) is 3.62. The van der Waals surface area contributed by atoms with Crippen LogP contribution in [0.3, 0.4) is 0 Å². The van der Waals surface area contributed by atoms with Gasteiger partial charge in [0, 0.05) is 16.4 Å². The van der Waals surface area contributed by atoms with Gasteiger partial charge in [0.25, 0.3) is 0 Å². The van der Waals surface area contributed by atoms with Crippen LogP contribution in [0.1, 0.15) is 28.2 Å². The Morgan fingerprint density at radius 1 is 1.14 bits per heavy atom. The molecule has 3 aromatic rings. The summed E-state index contributed by atoms with van der Waals surface area (Å²) in [6, 6.07) is 7.98. The lowest BCUT2D eigenvalue weighted by Gasteiger charge is -2.23. The van der Waals surface area contributed by atoms with E-state index in [2.05, 4.69) is 11.4 Å². The van der Waals surface area contributed by atoms with Crippen LogP contribution in [0.15, 0.2) is 24.3 Å². The van der Waals surface area contributed by atoms with Gasteiger partial charge in [-0.05, 0) is 36.5 Å². The summed E-state index contributed by atoms with van der Waals surface area (Å²) in [7, 11) is 0. The molecule has 0 amide bonds. The monoisotopic (exact) mass is 415 g/mol. The van der Waals surface area contributed by atoms with E-state index in [0.29, 0.717) is 6.54 Å². The van der Waals surface area contributed by atoms with Gasteiger partial charge in [0.05, 0.1) is 18.6 Å². The number of hydrogen-bond acceptors (Lipinski definition) is 5. The summed E-state index contributed by atoms with van der Waals surface area (Å²) >= 11 is 8.21. The molecule has 0 spiro atoms. The molecule has 1 aromatic carbocycles. The highest BCUT2D eigenvalue weighted by Gasteiger charge is 2.24. The first-order chi connectivity index (χ1) is 13.8. The number of nitrogens with zero attached hydrogens (tertiary/aromatic N) is 2. The first kappa shape index (κ1) is 18.3. The van der Waals surface area contributed by atoms with Crippen LogP contribution in [0.4, 0.5) is 5.82 Å². The lowest BCUT2D eigenvalue weighted by Crippen LogP contribution is -3.12. The van der Waals surface area contributed by atoms with Crippen LogP contribution in [0.5, 0.6) is 0 Å². The highest BCUT2D eigenvalue weighted by Crippen LogP contribution is 2.39. The van der Waals surface area contributed by atoms with Crippen LogP contribution < -0.4 is 10.2 Å². The second-order valence-electron chi connectivity index (χ2n) is 7.51. The van der Waals surface area contributed by atoms with E-state index >= 15 is 0 Å². The largest absolute Gasteiger partial charge is 0.370 e. The summed E-state index contributed by atoms with van der Waals surface area (Å²) < 4.78 is 5.49. The number of ether oxygens (including phenoxy) is 1. The summed E-state index contributed by atoms with van der Waals surface area (Å²) in [5, 5.41) is 5.59. The van der Waals surface area contributed by atoms with Crippen molar-refractivity contribution >= 4 is 39.0 Å². The standard InChI is InChI=1S/C21H23ClN4OS/c22-16-6-2-1-4-14(16)12-23-20-19-15-5-3-7-17(15)28-21(19)25-18(24-20)13-26-8-10-27-11-9-26/h1-2,4,6H,3,5,7-13H2,(H,23,24,25)/p+1. The topological polar surface area (TPSA) is 51.5 Å². The molecule has 5 nitrogen and oxygen atoms in total. The molecule has 1 aliphatic carbocycles. The van der Waals surface area contributed by atoms with Crippen molar-refractivity contribution in [1.82, 2.24) is 9.97 Å². The minimum atomic E-state index is 0.667. The summed E-state index contributed by atoms with van der Waals surface area (Å²) in [5.74, 6) is 1.89. The van der Waals surface area contributed by atoms with E-state index in [0.717, 1.165) is 66.3 Å². The molecule has 0 saturated carbocycles. The number of quaternary nitrogens is 1. The molecule has 5 rings (SSSR count). The molecule has 1 fully saturated rings. The predicted molar refractivity (Wildman–Crippen MR) is 113 cm³/mol. The van der Waals surface area contributed by atoms with Crippen molar-refractivity contribution in [1.29, 1.82) is 0 Å². The number of anilines is 1. The summed E-state index contributed by atoms with van der Waals surface area (Å²) in [5.41, 5.74) is 2.54. The molecule has 146 valence electrons. The van der Waals surface area contributed by atoms with Gasteiger partial charge in [-0.2, -0.15) is 0 Å². The fraction of sp³-hybridized carbons (Fsp3) is 0.429. The number of halogens is 1. The Morgan fingerprint density at radius 2 is 2.00 bits per heavy atom. The van der Waals surface area contributed by atoms with Gasteiger partial charge in [-0.15, -0.1) is 11.3 Å². The first-order valence-electron chi connectivity index (χ1n) is 9.97. The molecule has 2 aliphatic rings. The molecule has 0 unspecified atom stereocenters. The van der Waals surface area contributed by atoms with Gasteiger partial charge in [-0.25, -0.2) is 9.97 Å². The van der Waals surface area contributed by atoms with Crippen LogP contribution in [0, 0.1) is 0 Å². The van der Waals surface area contributed by atoms with Gasteiger partial charge in [0.2, 0.25) is 0 Å². The lowest BCUT2D eigenvalue weighted by atomic mass is 10.1. The predicted octanol–water partition coefficient (Wildman–Crippen LogP) is 2.86. The summed E-state index contributed by atoms with van der Waals surface area (Å²) in [6.07, 6.45) is 3.54. The Balaban J connectivity index is 1.48. The maximum atomic E-state index is 6.36. The quantitative estimate of drug-likeness (QED) is 0.672. The van der Waals surface area contributed by atoms with E-state index in [-0.39, 0.29) is 0 Å². The molecule has 2 aromatic heterocycles. The average molecular weight is 416 g/mol. The minimum Gasteiger partial charge on any atom is -0.370 e. The van der Waals surface area contributed by atoms with Gasteiger partial charge in [0.1, 0.15) is 30.3 Å². The van der Waals surface area contributed by atoms with E-state index in [4.69, 9.17) is 26.3 Å². The molecule has 0 radical (unpaired) electrons. The third-order valence-electron chi connectivity index (χ3n) is 5.62. The molecule has 1 aliphatic heterocycles. The number of nitrogens with one attached hydrogen (secondary N) is 2. The van der Waals surface area contributed by atoms with Crippen molar-refractivity contribution in [2.45, 2.75) is 32.4 Å². The van der Waals surface area contributed by atoms with E-state index in [1.165, 1.54) is 33.6 Å². The number of benzene rings is 1. The molecule has 28 heavy (non-hydrogen) atoms. The Morgan fingerprint density at radius 3 is 2.86 bits per heavy atom. The average Bonchev–Trinajstić information content (AvgIpc) is 3.29. The van der Waals surface area contributed by atoms with E-state index in [1.807, 2.05) is 29.5 Å². The second-order valence-corrected chi connectivity index (χ2v) is 9.00. The first-order valence-corrected chi connectivity index (χ1v) is 11.2. The number of aromatic nitrogens is 2. The number of aryl methyl sites for hydroxylation is 2. The number of thiophene rings is 1. The van der Waals surface area contributed by atoms with Crippen LogP contribution in [-0.4, -0.2) is 36.3 Å². The van der Waals surface area contributed by atoms with Crippen LogP contribution in [0.25, 0.3) is 10.2 Å². The van der Waals surface area contributed by atoms with Crippen LogP contribution in [-0.2, 0) is 30.7 Å². The Hall–Kier alpha value is -1.73. The lowest BCUT2D eigenvalue weighted by molar-refractivity contribution is -0.922. The molecular formula is C21H24ClN4OS+. The van der Waals surface area contributed by atoms with Crippen molar-refractivity contribution in [3.8, 4) is 0 Å². The van der Waals surface area contributed by atoms with Crippen LogP contribution >= 0.6 is 22.9 Å². The highest BCUT2D eigenvalue weighted by atomic mass is 35.5. The Bertz CT molecular complexity index is 999. The number of rotatable bonds is 5. The molecule has 1 saturated heterocycles. The summed E-state index contributed by atoms with van der Waals surface area (Å²) in [6.45, 7) is 5.20. The fourth-order valence-electron chi connectivity index (χ4n) is 4.13. The molecule has 0 atom stereocenters. The van der Waals surface area contributed by atoms with E-state index < -0.39 is 0 Å². The van der Waals surface area contributed by atoms with Gasteiger partial charge in [-0.1, -0.05) is 29.8 Å². The number of morpholine rings is 1. The van der Waals surface area contributed by atoms with Gasteiger partial charge >= 0.3 is 0 Å². The zero-order valence-corrected chi connectivity index (χ0v) is 17.3. The van der Waals surface area contributed by atoms with Crippen molar-refractivity contribution in [3.05, 3.63) is 51.1 Å². The molecule has 2 N–H and O–H groups in total. The SMILES string of the molecule is Clc1ccccc1CNc1nc(C[NH+]2CCOCC2)nc2sc3c(c12)CCC3. The van der Waals surface area contributed by atoms with Gasteiger partial charge < -0.3 is 15.0 Å². The van der Waals surface area contributed by atoms with Crippen molar-refractivity contribution in [3.63, 3.8) is 0 Å². The van der Waals surface area contributed by atoms with E-state index in [9.17, 15) is 0 Å².